The highest BCUT2D eigenvalue weighted by Gasteiger charge is 2.53. The molecule has 2 heterocycles. The van der Waals surface area contributed by atoms with Crippen molar-refractivity contribution < 1.29 is 9.15 Å². The Kier molecular flexibility index (Phi) is 15.6. The fraction of sp³-hybridized carbons (Fsp3) is 0.0420. The van der Waals surface area contributed by atoms with Gasteiger partial charge in [0, 0.05) is 61.7 Å². The van der Waals surface area contributed by atoms with Gasteiger partial charge in [0.05, 0.1) is 22.2 Å². The third-order valence-corrected chi connectivity index (χ3v) is 27.4. The van der Waals surface area contributed by atoms with Crippen LogP contribution in [0.1, 0.15) is 69.5 Å². The second kappa shape index (κ2) is 27.2. The average Bonchev–Trinajstić information content (AvgIpc) is 1.52. The molecule has 0 bridgehead atoms. The number of ether oxygens (including phenoxy) is 1. The van der Waals surface area contributed by atoms with E-state index in [4.69, 9.17) is 9.15 Å². The van der Waals surface area contributed by atoms with Crippen LogP contribution in [0.25, 0.3) is 133 Å². The van der Waals surface area contributed by atoms with Crippen LogP contribution < -0.4 is 14.5 Å². The number of para-hydroxylation sites is 4. The van der Waals surface area contributed by atoms with Crippen molar-refractivity contribution in [3.63, 3.8) is 0 Å². The highest BCUT2D eigenvalue weighted by atomic mass is 16.5. The van der Waals surface area contributed by atoms with Gasteiger partial charge in [-0.25, -0.2) is 0 Å². The molecule has 123 heavy (non-hydrogen) atoms. The maximum absolute atomic E-state index is 7.14. The zero-order chi connectivity index (χ0) is 81.2. The Morgan fingerprint density at radius 3 is 1.14 bits per heavy atom. The minimum absolute atomic E-state index is 0.136. The Morgan fingerprint density at radius 2 is 0.561 bits per heavy atom. The van der Waals surface area contributed by atoms with E-state index >= 15 is 0 Å². The molecule has 0 unspecified atom stereocenters. The fourth-order valence-electron chi connectivity index (χ4n) is 22.4. The van der Waals surface area contributed by atoms with Crippen LogP contribution in [0.2, 0.25) is 0 Å². The van der Waals surface area contributed by atoms with E-state index in [1.54, 1.807) is 0 Å². The minimum Gasteiger partial charge on any atom is -0.456 e. The van der Waals surface area contributed by atoms with Gasteiger partial charge >= 0.3 is 0 Å². The molecule has 5 aliphatic carbocycles. The molecule has 19 aromatic carbocycles. The third-order valence-electron chi connectivity index (χ3n) is 27.4. The molecule has 0 saturated heterocycles. The molecule has 4 nitrogen and oxygen atoms in total. The normalized spacial score (nSPS) is 13.7. The van der Waals surface area contributed by atoms with Crippen LogP contribution in [-0.2, 0) is 16.2 Å². The topological polar surface area (TPSA) is 28.9 Å². The molecule has 4 heteroatoms. The highest BCUT2D eigenvalue weighted by Crippen LogP contribution is 2.67. The predicted octanol–water partition coefficient (Wildman–Crippen LogP) is 31.6. The number of nitrogens with zero attached hydrogens (tertiary/aromatic N) is 2. The van der Waals surface area contributed by atoms with Crippen LogP contribution >= 0.6 is 0 Å². The maximum Gasteiger partial charge on any atom is 0.159 e. The second-order valence-corrected chi connectivity index (χ2v) is 33.8. The molecular weight excluding hydrogens is 1490 g/mol. The molecule has 26 rings (SSSR count). The zero-order valence-corrected chi connectivity index (χ0v) is 67.8. The molecule has 0 saturated carbocycles. The van der Waals surface area contributed by atoms with Gasteiger partial charge in [0.25, 0.3) is 0 Å². The highest BCUT2D eigenvalue weighted by molar-refractivity contribution is 6.08. The summed E-state index contributed by atoms with van der Waals surface area (Å²) >= 11 is 0. The molecule has 6 aliphatic rings. The van der Waals surface area contributed by atoms with E-state index < -0.39 is 10.8 Å². The Labute approximate surface area is 715 Å². The lowest BCUT2D eigenvalue weighted by Gasteiger charge is -2.36. The van der Waals surface area contributed by atoms with Gasteiger partial charge in [-0.15, -0.1) is 0 Å². The molecule has 0 amide bonds. The fourth-order valence-corrected chi connectivity index (χ4v) is 22.4. The third kappa shape index (κ3) is 10.1. The van der Waals surface area contributed by atoms with E-state index in [-0.39, 0.29) is 5.41 Å². The first-order valence-electron chi connectivity index (χ1n) is 42.8. The first kappa shape index (κ1) is 70.4. The molecule has 1 aromatic heterocycles. The Balaban J connectivity index is 0.000000137. The van der Waals surface area contributed by atoms with Crippen molar-refractivity contribution in [2.45, 2.75) is 30.1 Å². The van der Waals surface area contributed by atoms with Crippen molar-refractivity contribution in [1.82, 2.24) is 0 Å². The predicted molar refractivity (Wildman–Crippen MR) is 507 cm³/mol. The van der Waals surface area contributed by atoms with Crippen molar-refractivity contribution in [1.29, 1.82) is 0 Å². The number of anilines is 6. The van der Waals surface area contributed by atoms with Gasteiger partial charge in [-0.3, -0.25) is 0 Å². The first-order chi connectivity index (χ1) is 60.8. The number of rotatable bonds is 7. The molecule has 576 valence electrons. The number of hydrogen-bond donors (Lipinski definition) is 0. The molecule has 0 atom stereocenters. The van der Waals surface area contributed by atoms with Crippen molar-refractivity contribution >= 4 is 56.1 Å². The summed E-state index contributed by atoms with van der Waals surface area (Å²) in [6.45, 7) is 4.71. The lowest BCUT2D eigenvalue weighted by molar-refractivity contribution is 0.489. The van der Waals surface area contributed by atoms with Crippen LogP contribution in [0.3, 0.4) is 0 Å². The van der Waals surface area contributed by atoms with Gasteiger partial charge in [-0.2, -0.15) is 0 Å². The van der Waals surface area contributed by atoms with Crippen LogP contribution in [-0.4, -0.2) is 0 Å². The van der Waals surface area contributed by atoms with Gasteiger partial charge in [0.2, 0.25) is 0 Å². The SMILES string of the molecule is CC1(C)c2ccccc2-c2ccc(N(c3ccc(-c4cccc5c4-c4ccccc4C54c5ccccc5-c5ccccc5-c5ccccc54)cc3)c3ccc4c(c3)oc3ccccc34)cc21.c1ccc(N(c2cccc3c2Oc2ccccc2-c2ccccc2-3)c2cccc3c2-c2ccccc2C32c3ccccc3-c3ccccc3-c3ccccc32)cc1. The van der Waals surface area contributed by atoms with Gasteiger partial charge in [0.1, 0.15) is 16.9 Å². The Morgan fingerprint density at radius 1 is 0.203 bits per heavy atom. The monoisotopic (exact) mass is 1570 g/mol. The minimum atomic E-state index is -0.585. The van der Waals surface area contributed by atoms with Gasteiger partial charge in [-0.05, 0) is 223 Å². The number of fused-ring (bicyclic) bond motifs is 35. The summed E-state index contributed by atoms with van der Waals surface area (Å²) in [7, 11) is 0. The van der Waals surface area contributed by atoms with E-state index in [9.17, 15) is 0 Å². The molecule has 0 radical (unpaired) electrons. The van der Waals surface area contributed by atoms with Gasteiger partial charge in [-0.1, -0.05) is 372 Å². The summed E-state index contributed by atoms with van der Waals surface area (Å²) in [5, 5.41) is 2.25. The van der Waals surface area contributed by atoms with Gasteiger partial charge < -0.3 is 19.0 Å². The molecule has 20 aromatic rings. The summed E-state index contributed by atoms with van der Waals surface area (Å²) in [6.07, 6.45) is 0. The summed E-state index contributed by atoms with van der Waals surface area (Å²) in [5.41, 5.74) is 44.7. The molecule has 2 spiro atoms. The van der Waals surface area contributed by atoms with Crippen molar-refractivity contribution in [2.24, 2.45) is 0 Å². The maximum atomic E-state index is 7.14. The van der Waals surface area contributed by atoms with Crippen LogP contribution in [0.4, 0.5) is 34.1 Å². The summed E-state index contributed by atoms with van der Waals surface area (Å²) in [5.74, 6) is 1.68. The smallest absolute Gasteiger partial charge is 0.159 e. The number of benzene rings is 19. The lowest BCUT2D eigenvalue weighted by Crippen LogP contribution is -2.29. The van der Waals surface area contributed by atoms with Crippen LogP contribution in [0.5, 0.6) is 11.5 Å². The number of hydrogen-bond acceptors (Lipinski definition) is 4. The van der Waals surface area contributed by atoms with Crippen LogP contribution in [0, 0.1) is 0 Å². The quantitative estimate of drug-likeness (QED) is 0.159. The van der Waals surface area contributed by atoms with Crippen molar-refractivity contribution in [3.8, 4) is 123 Å². The van der Waals surface area contributed by atoms with E-state index in [2.05, 4.69) is 454 Å². The van der Waals surface area contributed by atoms with Crippen LogP contribution in [0.15, 0.2) is 441 Å². The van der Waals surface area contributed by atoms with E-state index in [1.165, 1.54) is 150 Å². The lowest BCUT2D eigenvalue weighted by atomic mass is 9.66. The summed E-state index contributed by atoms with van der Waals surface area (Å²) in [4.78, 5) is 4.82. The summed E-state index contributed by atoms with van der Waals surface area (Å²) in [6, 6.07) is 161. The van der Waals surface area contributed by atoms with Gasteiger partial charge in [0.15, 0.2) is 5.75 Å². The zero-order valence-electron chi connectivity index (χ0n) is 67.8. The average molecular weight is 1570 g/mol. The van der Waals surface area contributed by atoms with E-state index in [1.807, 2.05) is 6.07 Å². The van der Waals surface area contributed by atoms with Crippen molar-refractivity contribution in [3.05, 3.63) is 492 Å². The van der Waals surface area contributed by atoms with Crippen molar-refractivity contribution in [2.75, 3.05) is 9.80 Å². The Hall–Kier alpha value is -15.6. The van der Waals surface area contributed by atoms with E-state index in [0.717, 1.165) is 84.3 Å². The Bertz CT molecular complexity index is 7660. The second-order valence-electron chi connectivity index (χ2n) is 33.8. The molecule has 0 N–H and O–H groups in total. The summed E-state index contributed by atoms with van der Waals surface area (Å²) < 4.78 is 13.6. The molecular formula is C119H78N2O2. The molecule has 0 fully saturated rings. The van der Waals surface area contributed by atoms with E-state index in [0.29, 0.717) is 0 Å². The standard InChI is InChI=1S/C64H43NO.C55H35NO/c1-63(2)54-24-10-5-20-49(54)50-36-34-42(38-59(50)63)65(43-35-37-52-51-21-9-14-29-60(51)66-61(52)39-43)41-32-30-40(31-33-41)44-23-15-28-58-62(44)53-22-8-13-27-57(53)64(58)55-25-11-6-18-47(55)45-16-3-4-17-46(45)48-19-7-12-26-56(48)64;1-2-18-36(19-3-1)56(51-34-16-28-44-40-23-7-6-22-39(40)43-26-11-15-35-52(43)57-54(44)51)50-33-17-32-49-53(50)45-27-10-14-31-48(45)55(49)46-29-12-8-24-41(46)37-20-4-5-21-38(37)42-25-9-13-30-47(42)55/h3-39H,1-2H3;1-35H. The largest absolute Gasteiger partial charge is 0.456 e. The number of furan rings is 1. The first-order valence-corrected chi connectivity index (χ1v) is 42.8. The molecule has 1 aliphatic heterocycles.